The van der Waals surface area contributed by atoms with Crippen molar-refractivity contribution in [3.63, 3.8) is 0 Å². The van der Waals surface area contributed by atoms with E-state index < -0.39 is 15.3 Å². The highest BCUT2D eigenvalue weighted by Gasteiger charge is 2.37. The van der Waals surface area contributed by atoms with Crippen LogP contribution in [-0.4, -0.2) is 49.1 Å². The molecular weight excluding hydrogens is 367 g/mol. The molecule has 3 heterocycles. The van der Waals surface area contributed by atoms with E-state index in [-0.39, 0.29) is 11.7 Å². The number of sulfonamides is 1. The molecule has 1 atom stereocenters. The molecule has 1 aromatic carbocycles. The number of nitrogens with zero attached hydrogens (tertiary/aromatic N) is 2. The highest BCUT2D eigenvalue weighted by atomic mass is 32.2. The first-order valence-corrected chi connectivity index (χ1v) is 10.7. The molecule has 2 saturated heterocycles. The van der Waals surface area contributed by atoms with Crippen LogP contribution in [0.3, 0.4) is 0 Å². The van der Waals surface area contributed by atoms with Crippen molar-refractivity contribution in [1.29, 1.82) is 0 Å². The number of benzene rings is 1. The molecule has 0 aliphatic carbocycles. The van der Waals surface area contributed by atoms with Crippen molar-refractivity contribution in [3.8, 4) is 11.3 Å². The molecule has 6 nitrogen and oxygen atoms in total. The van der Waals surface area contributed by atoms with E-state index in [1.54, 1.807) is 16.4 Å². The third-order valence-electron chi connectivity index (χ3n) is 5.28. The lowest BCUT2D eigenvalue weighted by molar-refractivity contribution is 0.310. The second-order valence-corrected chi connectivity index (χ2v) is 9.29. The quantitative estimate of drug-likeness (QED) is 0.834. The van der Waals surface area contributed by atoms with Gasteiger partial charge in [0.2, 0.25) is 10.0 Å². The van der Waals surface area contributed by atoms with E-state index in [2.05, 4.69) is 10.9 Å². The van der Waals surface area contributed by atoms with E-state index in [4.69, 9.17) is 4.98 Å². The molecule has 0 spiro atoms. The van der Waals surface area contributed by atoms with E-state index in [0.29, 0.717) is 26.2 Å². The third kappa shape index (κ3) is 3.89. The number of hydrogen-bond donors (Lipinski definition) is 2. The summed E-state index contributed by atoms with van der Waals surface area (Å²) in [6.45, 7) is 1.88. The molecule has 2 aliphatic rings. The van der Waals surface area contributed by atoms with Gasteiger partial charge < -0.3 is 0 Å². The minimum Gasteiger partial charge on any atom is -0.256 e. The number of nitrogens with one attached hydrogen (secondary N) is 2. The molecule has 1 unspecified atom stereocenters. The number of rotatable bonds is 4. The summed E-state index contributed by atoms with van der Waals surface area (Å²) >= 11 is 0. The predicted molar refractivity (Wildman–Crippen MR) is 102 cm³/mol. The number of halogens is 1. The maximum Gasteiger partial charge on any atom is 0.219 e. The third-order valence-corrected chi connectivity index (χ3v) is 7.51. The summed E-state index contributed by atoms with van der Waals surface area (Å²) in [6, 6.07) is 12.0. The fraction of sp³-hybridized carbons (Fsp3) is 0.421. The van der Waals surface area contributed by atoms with Gasteiger partial charge in [-0.25, -0.2) is 17.1 Å². The van der Waals surface area contributed by atoms with E-state index in [1.165, 1.54) is 12.1 Å². The molecule has 1 aromatic heterocycles. The molecule has 0 saturated carbocycles. The molecule has 27 heavy (non-hydrogen) atoms. The number of piperidine rings is 1. The van der Waals surface area contributed by atoms with Crippen molar-refractivity contribution in [1.82, 2.24) is 20.1 Å². The van der Waals surface area contributed by atoms with Crippen LogP contribution in [0.1, 0.15) is 24.5 Å². The molecule has 8 heteroatoms. The van der Waals surface area contributed by atoms with Gasteiger partial charge >= 0.3 is 0 Å². The van der Waals surface area contributed by atoms with Gasteiger partial charge in [-0.05, 0) is 49.2 Å². The van der Waals surface area contributed by atoms with Crippen molar-refractivity contribution < 1.29 is 12.8 Å². The second kappa shape index (κ2) is 7.63. The van der Waals surface area contributed by atoms with E-state index in [0.717, 1.165) is 29.8 Å². The number of aromatic nitrogens is 1. The molecule has 2 aromatic rings. The van der Waals surface area contributed by atoms with Crippen LogP contribution in [0.25, 0.3) is 11.3 Å². The summed E-state index contributed by atoms with van der Waals surface area (Å²) in [5, 5.41) is -0.422. The van der Waals surface area contributed by atoms with Crippen LogP contribution in [0.5, 0.6) is 0 Å². The lowest BCUT2D eigenvalue weighted by atomic mass is 9.95. The topological polar surface area (TPSA) is 74.3 Å². The molecule has 4 rings (SSSR count). The minimum absolute atomic E-state index is 0.0660. The van der Waals surface area contributed by atoms with Crippen LogP contribution in [0.4, 0.5) is 4.39 Å². The highest BCUT2D eigenvalue weighted by Crippen LogP contribution is 2.30. The maximum atomic E-state index is 13.2. The Bertz CT molecular complexity index is 898. The van der Waals surface area contributed by atoms with Crippen LogP contribution in [0, 0.1) is 5.82 Å². The Balaban J connectivity index is 1.55. The molecule has 0 amide bonds. The van der Waals surface area contributed by atoms with Gasteiger partial charge in [0.1, 0.15) is 11.1 Å². The van der Waals surface area contributed by atoms with Gasteiger partial charge in [-0.3, -0.25) is 15.8 Å². The van der Waals surface area contributed by atoms with Crippen LogP contribution >= 0.6 is 0 Å². The van der Waals surface area contributed by atoms with Crippen molar-refractivity contribution in [3.05, 3.63) is 54.0 Å². The Morgan fingerprint density at radius 3 is 2.56 bits per heavy atom. The van der Waals surface area contributed by atoms with E-state index in [1.807, 2.05) is 18.2 Å². The minimum atomic E-state index is -3.33. The van der Waals surface area contributed by atoms with Gasteiger partial charge in [0.15, 0.2) is 0 Å². The molecule has 2 aliphatic heterocycles. The fourth-order valence-electron chi connectivity index (χ4n) is 3.74. The zero-order valence-corrected chi connectivity index (χ0v) is 15.8. The second-order valence-electron chi connectivity index (χ2n) is 7.08. The lowest BCUT2D eigenvalue weighted by Crippen LogP contribution is -2.45. The summed E-state index contributed by atoms with van der Waals surface area (Å²) in [5.74, 6) is -0.213. The standard InChI is InChI=1S/C19H23FN4O2S/c20-16-8-6-14(7-9-16)18-4-1-5-19(23-18)15-3-2-10-24(13-15)27(25,26)17-11-21-22-12-17/h1,4-9,15,17,21-22H,2-3,10-13H2. The summed E-state index contributed by atoms with van der Waals surface area (Å²) < 4.78 is 40.5. The van der Waals surface area contributed by atoms with Crippen molar-refractivity contribution in [2.24, 2.45) is 0 Å². The van der Waals surface area contributed by atoms with Crippen LogP contribution < -0.4 is 10.9 Å². The first-order chi connectivity index (χ1) is 13.0. The largest absolute Gasteiger partial charge is 0.256 e. The molecular formula is C19H23FN4O2S. The fourth-order valence-corrected chi connectivity index (χ4v) is 5.52. The van der Waals surface area contributed by atoms with Crippen molar-refractivity contribution in [2.45, 2.75) is 24.0 Å². The predicted octanol–water partition coefficient (Wildman–Crippen LogP) is 1.87. The zero-order valence-electron chi connectivity index (χ0n) is 14.9. The maximum absolute atomic E-state index is 13.2. The molecule has 2 fully saturated rings. The van der Waals surface area contributed by atoms with Gasteiger partial charge in [-0.1, -0.05) is 6.07 Å². The summed E-state index contributed by atoms with van der Waals surface area (Å²) in [7, 11) is -3.33. The highest BCUT2D eigenvalue weighted by molar-refractivity contribution is 7.89. The van der Waals surface area contributed by atoms with Crippen LogP contribution in [0.2, 0.25) is 0 Å². The van der Waals surface area contributed by atoms with E-state index in [9.17, 15) is 12.8 Å². The van der Waals surface area contributed by atoms with Gasteiger partial charge in [-0.2, -0.15) is 0 Å². The average Bonchev–Trinajstić information content (AvgIpc) is 3.25. The first-order valence-electron chi connectivity index (χ1n) is 9.21. The van der Waals surface area contributed by atoms with E-state index >= 15 is 0 Å². The Morgan fingerprint density at radius 2 is 1.81 bits per heavy atom. The number of hydrogen-bond acceptors (Lipinski definition) is 5. The van der Waals surface area contributed by atoms with Crippen molar-refractivity contribution in [2.75, 3.05) is 26.2 Å². The number of hydrazine groups is 1. The van der Waals surface area contributed by atoms with Gasteiger partial charge in [0.25, 0.3) is 0 Å². The van der Waals surface area contributed by atoms with Crippen molar-refractivity contribution >= 4 is 10.0 Å². The normalized spacial score (nSPS) is 22.2. The Hall–Kier alpha value is -1.87. The zero-order chi connectivity index (χ0) is 18.9. The van der Waals surface area contributed by atoms with Crippen LogP contribution in [-0.2, 0) is 10.0 Å². The Morgan fingerprint density at radius 1 is 1.07 bits per heavy atom. The monoisotopic (exact) mass is 390 g/mol. The summed E-state index contributed by atoms with van der Waals surface area (Å²) in [4.78, 5) is 4.74. The summed E-state index contributed by atoms with van der Waals surface area (Å²) in [6.07, 6.45) is 1.73. The SMILES string of the molecule is O=S(=O)(C1CNNC1)N1CCCC(c2cccc(-c3ccc(F)cc3)n2)C1. The Labute approximate surface area is 158 Å². The Kier molecular flexibility index (Phi) is 5.23. The molecule has 0 radical (unpaired) electrons. The molecule has 2 N–H and O–H groups in total. The molecule has 144 valence electrons. The van der Waals surface area contributed by atoms with Gasteiger partial charge in [0, 0.05) is 43.4 Å². The average molecular weight is 390 g/mol. The lowest BCUT2D eigenvalue weighted by Gasteiger charge is -2.33. The summed E-state index contributed by atoms with van der Waals surface area (Å²) in [5.41, 5.74) is 8.30. The van der Waals surface area contributed by atoms with Gasteiger partial charge in [0.05, 0.1) is 5.69 Å². The smallest absolute Gasteiger partial charge is 0.219 e. The van der Waals surface area contributed by atoms with Gasteiger partial charge in [-0.15, -0.1) is 0 Å². The number of pyridine rings is 1. The first kappa shape index (κ1) is 18.5. The molecule has 0 bridgehead atoms. The van der Waals surface area contributed by atoms with Crippen LogP contribution in [0.15, 0.2) is 42.5 Å².